The SMILES string of the molecule is COCC(O)CN(C)S(=O)(=O)c1ccc2c(c1)NCC2. The number of hydrogen-bond acceptors (Lipinski definition) is 5. The van der Waals surface area contributed by atoms with E-state index in [9.17, 15) is 13.5 Å². The van der Waals surface area contributed by atoms with E-state index in [1.807, 2.05) is 6.07 Å². The topological polar surface area (TPSA) is 78.9 Å². The van der Waals surface area contributed by atoms with Gasteiger partial charge in [-0.15, -0.1) is 0 Å². The molecule has 2 N–H and O–H groups in total. The number of ether oxygens (including phenoxy) is 1. The summed E-state index contributed by atoms with van der Waals surface area (Å²) in [6.07, 6.45) is 0.0743. The Bertz CT molecular complexity index is 574. The number of sulfonamides is 1. The Morgan fingerprint density at radius 1 is 1.50 bits per heavy atom. The Kier molecular flexibility index (Phi) is 4.64. The molecule has 0 radical (unpaired) electrons. The molecule has 1 atom stereocenters. The molecule has 6 nitrogen and oxygen atoms in total. The monoisotopic (exact) mass is 300 g/mol. The van der Waals surface area contributed by atoms with Gasteiger partial charge in [0.15, 0.2) is 0 Å². The van der Waals surface area contributed by atoms with Crippen LogP contribution in [0.4, 0.5) is 5.69 Å². The van der Waals surface area contributed by atoms with Crippen LogP contribution >= 0.6 is 0 Å². The van der Waals surface area contributed by atoms with Gasteiger partial charge in [-0.3, -0.25) is 0 Å². The average molecular weight is 300 g/mol. The van der Waals surface area contributed by atoms with E-state index in [1.54, 1.807) is 12.1 Å². The molecule has 20 heavy (non-hydrogen) atoms. The van der Waals surface area contributed by atoms with Gasteiger partial charge in [0, 0.05) is 32.9 Å². The smallest absolute Gasteiger partial charge is 0.242 e. The van der Waals surface area contributed by atoms with Gasteiger partial charge in [0.25, 0.3) is 0 Å². The first kappa shape index (κ1) is 15.2. The van der Waals surface area contributed by atoms with Gasteiger partial charge < -0.3 is 15.2 Å². The second-order valence-corrected chi connectivity index (χ2v) is 6.94. The van der Waals surface area contributed by atoms with E-state index in [2.05, 4.69) is 5.32 Å². The van der Waals surface area contributed by atoms with Crippen LogP contribution in [0.2, 0.25) is 0 Å². The predicted octanol–water partition coefficient (Wildman–Crippen LogP) is 0.282. The van der Waals surface area contributed by atoms with E-state index in [-0.39, 0.29) is 18.0 Å². The summed E-state index contributed by atoms with van der Waals surface area (Å²) in [4.78, 5) is 0.234. The lowest BCUT2D eigenvalue weighted by atomic mass is 10.2. The summed E-state index contributed by atoms with van der Waals surface area (Å²) in [5.74, 6) is 0. The number of anilines is 1. The number of aliphatic hydroxyl groups excluding tert-OH is 1. The molecule has 0 saturated heterocycles. The molecule has 0 fully saturated rings. The molecule has 0 amide bonds. The third-order valence-corrected chi connectivity index (χ3v) is 5.15. The van der Waals surface area contributed by atoms with Crippen molar-refractivity contribution in [1.82, 2.24) is 4.31 Å². The van der Waals surface area contributed by atoms with E-state index in [0.29, 0.717) is 0 Å². The number of fused-ring (bicyclic) bond motifs is 1. The first-order chi connectivity index (χ1) is 9.45. The maximum atomic E-state index is 12.4. The van der Waals surface area contributed by atoms with Crippen LogP contribution < -0.4 is 5.32 Å². The Labute approximate surface area is 119 Å². The quantitative estimate of drug-likeness (QED) is 0.789. The van der Waals surface area contributed by atoms with Crippen LogP contribution in [0.25, 0.3) is 0 Å². The van der Waals surface area contributed by atoms with Gasteiger partial charge in [-0.05, 0) is 24.1 Å². The zero-order valence-corrected chi connectivity index (χ0v) is 12.5. The summed E-state index contributed by atoms with van der Waals surface area (Å²) >= 11 is 0. The summed E-state index contributed by atoms with van der Waals surface area (Å²) in [6.45, 7) is 0.938. The van der Waals surface area contributed by atoms with Crippen molar-refractivity contribution < 1.29 is 18.3 Å². The minimum absolute atomic E-state index is 0.000681. The molecular formula is C13H20N2O4S. The van der Waals surface area contributed by atoms with E-state index in [0.717, 1.165) is 28.5 Å². The molecule has 7 heteroatoms. The second-order valence-electron chi connectivity index (χ2n) is 4.89. The lowest BCUT2D eigenvalue weighted by Gasteiger charge is -2.20. The number of benzene rings is 1. The number of hydrogen-bond donors (Lipinski definition) is 2. The van der Waals surface area contributed by atoms with Gasteiger partial charge in [-0.2, -0.15) is 4.31 Å². The molecule has 112 valence electrons. The van der Waals surface area contributed by atoms with Crippen LogP contribution in [-0.4, -0.2) is 57.8 Å². The molecule has 1 aliphatic rings. The lowest BCUT2D eigenvalue weighted by molar-refractivity contribution is 0.0554. The van der Waals surface area contributed by atoms with Crippen LogP contribution in [0.3, 0.4) is 0 Å². The maximum Gasteiger partial charge on any atom is 0.242 e. The number of aliphatic hydroxyl groups is 1. The van der Waals surface area contributed by atoms with Crippen LogP contribution in [-0.2, 0) is 21.2 Å². The first-order valence-electron chi connectivity index (χ1n) is 6.45. The molecule has 0 aliphatic carbocycles. The number of nitrogens with one attached hydrogen (secondary N) is 1. The molecule has 0 saturated carbocycles. The van der Waals surface area contributed by atoms with E-state index in [1.165, 1.54) is 14.2 Å². The Balaban J connectivity index is 2.17. The van der Waals surface area contributed by atoms with Crippen molar-refractivity contribution in [2.24, 2.45) is 0 Å². The van der Waals surface area contributed by atoms with Crippen molar-refractivity contribution in [2.75, 3.05) is 39.2 Å². The van der Waals surface area contributed by atoms with Crippen LogP contribution in [0.1, 0.15) is 5.56 Å². The average Bonchev–Trinajstić information content (AvgIpc) is 2.85. The van der Waals surface area contributed by atoms with E-state index >= 15 is 0 Å². The minimum atomic E-state index is -3.60. The fraction of sp³-hybridized carbons (Fsp3) is 0.538. The number of nitrogens with zero attached hydrogens (tertiary/aromatic N) is 1. The standard InChI is InChI=1S/C13H20N2O4S/c1-15(8-11(16)9-19-2)20(17,18)12-4-3-10-5-6-14-13(10)7-12/h3-4,7,11,14,16H,5-6,8-9H2,1-2H3. The zero-order chi connectivity index (χ0) is 14.8. The van der Waals surface area contributed by atoms with E-state index < -0.39 is 16.1 Å². The molecule has 1 heterocycles. The largest absolute Gasteiger partial charge is 0.389 e. The Morgan fingerprint density at radius 2 is 2.25 bits per heavy atom. The zero-order valence-electron chi connectivity index (χ0n) is 11.7. The summed E-state index contributed by atoms with van der Waals surface area (Å²) in [5.41, 5.74) is 2.00. The molecule has 1 aromatic carbocycles. The van der Waals surface area contributed by atoms with Gasteiger partial charge in [0.1, 0.15) is 0 Å². The fourth-order valence-corrected chi connectivity index (χ4v) is 3.49. The molecule has 2 rings (SSSR count). The predicted molar refractivity (Wildman–Crippen MR) is 76.3 cm³/mol. The normalized spacial score (nSPS) is 16.0. The van der Waals surface area contributed by atoms with Gasteiger partial charge in [0.2, 0.25) is 10.0 Å². The van der Waals surface area contributed by atoms with Crippen molar-refractivity contribution >= 4 is 15.7 Å². The van der Waals surface area contributed by atoms with Gasteiger partial charge in [0.05, 0.1) is 17.6 Å². The van der Waals surface area contributed by atoms with Crippen LogP contribution in [0, 0.1) is 0 Å². The first-order valence-corrected chi connectivity index (χ1v) is 7.89. The summed E-state index contributed by atoms with van der Waals surface area (Å²) < 4.78 is 30.8. The highest BCUT2D eigenvalue weighted by Gasteiger charge is 2.24. The maximum absolute atomic E-state index is 12.4. The summed E-state index contributed by atoms with van der Waals surface area (Å²) in [5, 5.41) is 12.8. The van der Waals surface area contributed by atoms with Gasteiger partial charge in [-0.25, -0.2) is 8.42 Å². The highest BCUT2D eigenvalue weighted by Crippen LogP contribution is 2.26. The molecule has 1 unspecified atom stereocenters. The fourth-order valence-electron chi connectivity index (χ4n) is 2.25. The molecule has 0 bridgehead atoms. The van der Waals surface area contributed by atoms with Crippen molar-refractivity contribution in [1.29, 1.82) is 0 Å². The second kappa shape index (κ2) is 6.09. The Morgan fingerprint density at radius 3 is 2.95 bits per heavy atom. The highest BCUT2D eigenvalue weighted by molar-refractivity contribution is 7.89. The Hall–Kier alpha value is -1.15. The lowest BCUT2D eigenvalue weighted by Crippen LogP contribution is -2.36. The minimum Gasteiger partial charge on any atom is -0.389 e. The molecule has 0 aromatic heterocycles. The summed E-state index contributed by atoms with van der Waals surface area (Å²) in [7, 11) is -0.681. The third-order valence-electron chi connectivity index (χ3n) is 3.33. The summed E-state index contributed by atoms with van der Waals surface area (Å²) in [6, 6.07) is 5.10. The molecular weight excluding hydrogens is 280 g/mol. The van der Waals surface area contributed by atoms with E-state index in [4.69, 9.17) is 4.74 Å². The van der Waals surface area contributed by atoms with Gasteiger partial charge in [-0.1, -0.05) is 6.07 Å². The van der Waals surface area contributed by atoms with Crippen LogP contribution in [0.15, 0.2) is 23.1 Å². The number of rotatable bonds is 6. The molecule has 1 aromatic rings. The third kappa shape index (κ3) is 3.12. The van der Waals surface area contributed by atoms with Crippen molar-refractivity contribution in [3.05, 3.63) is 23.8 Å². The molecule has 0 spiro atoms. The highest BCUT2D eigenvalue weighted by atomic mass is 32.2. The van der Waals surface area contributed by atoms with Crippen molar-refractivity contribution in [3.63, 3.8) is 0 Å². The van der Waals surface area contributed by atoms with Crippen molar-refractivity contribution in [3.8, 4) is 0 Å². The van der Waals surface area contributed by atoms with Crippen LogP contribution in [0.5, 0.6) is 0 Å². The molecule has 1 aliphatic heterocycles. The number of methoxy groups -OCH3 is 1. The van der Waals surface area contributed by atoms with Gasteiger partial charge >= 0.3 is 0 Å². The number of likely N-dealkylation sites (N-methyl/N-ethyl adjacent to an activating group) is 1. The van der Waals surface area contributed by atoms with Crippen molar-refractivity contribution in [2.45, 2.75) is 17.4 Å².